The van der Waals surface area contributed by atoms with Crippen LogP contribution in [0.25, 0.3) is 0 Å². The molecule has 0 amide bonds. The quantitative estimate of drug-likeness (QED) is 0.846. The summed E-state index contributed by atoms with van der Waals surface area (Å²) in [7, 11) is 3.20. The van der Waals surface area contributed by atoms with E-state index in [4.69, 9.17) is 14.7 Å². The highest BCUT2D eigenvalue weighted by molar-refractivity contribution is 5.43. The Hall–Kier alpha value is -2.98. The van der Waals surface area contributed by atoms with E-state index >= 15 is 0 Å². The lowest BCUT2D eigenvalue weighted by atomic mass is 9.92. The third-order valence-electron chi connectivity index (χ3n) is 3.52. The first-order valence-electron chi connectivity index (χ1n) is 6.82. The van der Waals surface area contributed by atoms with Gasteiger partial charge in [0.25, 0.3) is 0 Å². The van der Waals surface area contributed by atoms with E-state index in [-0.39, 0.29) is 5.92 Å². The molecule has 0 spiro atoms. The summed E-state index contributed by atoms with van der Waals surface area (Å²) >= 11 is 0. The van der Waals surface area contributed by atoms with Crippen molar-refractivity contribution in [2.75, 3.05) is 14.2 Å². The Kier molecular flexibility index (Phi) is 5.01. The van der Waals surface area contributed by atoms with Crippen LogP contribution in [0.3, 0.4) is 0 Å². The maximum atomic E-state index is 9.45. The largest absolute Gasteiger partial charge is 0.497 e. The first kappa shape index (κ1) is 15.4. The SMILES string of the molecule is COc1ccc(CC(C#N)c2ccc(C#N)cc2)c(OC)c1. The molecule has 0 fully saturated rings. The lowest BCUT2D eigenvalue weighted by molar-refractivity contribution is 0.390. The minimum Gasteiger partial charge on any atom is -0.497 e. The van der Waals surface area contributed by atoms with E-state index in [9.17, 15) is 5.26 Å². The summed E-state index contributed by atoms with van der Waals surface area (Å²) < 4.78 is 10.6. The summed E-state index contributed by atoms with van der Waals surface area (Å²) in [5.74, 6) is 1.12. The predicted octanol–water partition coefficient (Wildman–Crippen LogP) is 3.43. The molecule has 0 aliphatic rings. The van der Waals surface area contributed by atoms with Crippen LogP contribution < -0.4 is 9.47 Å². The number of benzene rings is 2. The van der Waals surface area contributed by atoms with Gasteiger partial charge < -0.3 is 9.47 Å². The van der Waals surface area contributed by atoms with E-state index < -0.39 is 0 Å². The van der Waals surface area contributed by atoms with Gasteiger partial charge in [-0.2, -0.15) is 10.5 Å². The fourth-order valence-corrected chi connectivity index (χ4v) is 2.27. The molecule has 2 aromatic rings. The highest BCUT2D eigenvalue weighted by atomic mass is 16.5. The lowest BCUT2D eigenvalue weighted by Gasteiger charge is -2.14. The van der Waals surface area contributed by atoms with Gasteiger partial charge in [-0.3, -0.25) is 0 Å². The molecule has 110 valence electrons. The fraction of sp³-hybridized carbons (Fsp3) is 0.222. The fourth-order valence-electron chi connectivity index (χ4n) is 2.27. The molecule has 0 saturated heterocycles. The Labute approximate surface area is 130 Å². The van der Waals surface area contributed by atoms with Gasteiger partial charge in [-0.05, 0) is 35.7 Å². The summed E-state index contributed by atoms with van der Waals surface area (Å²) in [5.41, 5.74) is 2.42. The van der Waals surface area contributed by atoms with Crippen molar-refractivity contribution < 1.29 is 9.47 Å². The number of nitrogens with zero attached hydrogens (tertiary/aromatic N) is 2. The Balaban J connectivity index is 2.27. The van der Waals surface area contributed by atoms with Crippen molar-refractivity contribution in [1.29, 1.82) is 10.5 Å². The second-order valence-corrected chi connectivity index (χ2v) is 4.80. The molecule has 0 aliphatic carbocycles. The maximum Gasteiger partial charge on any atom is 0.125 e. The molecule has 0 bridgehead atoms. The predicted molar refractivity (Wildman–Crippen MR) is 82.8 cm³/mol. The van der Waals surface area contributed by atoms with Crippen LogP contribution in [-0.2, 0) is 6.42 Å². The average Bonchev–Trinajstić information content (AvgIpc) is 2.59. The standard InChI is InChI=1S/C18H16N2O2/c1-21-17-8-7-15(18(10-17)22-2)9-16(12-20)14-5-3-13(11-19)4-6-14/h3-8,10,16H,9H2,1-2H3. The molecule has 4 nitrogen and oxygen atoms in total. The first-order chi connectivity index (χ1) is 10.7. The topological polar surface area (TPSA) is 66.0 Å². The van der Waals surface area contributed by atoms with Crippen LogP contribution in [0.5, 0.6) is 11.5 Å². The Morgan fingerprint density at radius 3 is 2.27 bits per heavy atom. The molecule has 1 unspecified atom stereocenters. The average molecular weight is 292 g/mol. The van der Waals surface area contributed by atoms with Crippen molar-refractivity contribution >= 4 is 0 Å². The van der Waals surface area contributed by atoms with E-state index in [2.05, 4.69) is 12.1 Å². The monoisotopic (exact) mass is 292 g/mol. The molecular weight excluding hydrogens is 276 g/mol. The van der Waals surface area contributed by atoms with Gasteiger partial charge in [-0.15, -0.1) is 0 Å². The second-order valence-electron chi connectivity index (χ2n) is 4.80. The zero-order valence-corrected chi connectivity index (χ0v) is 12.5. The van der Waals surface area contributed by atoms with Gasteiger partial charge in [0.1, 0.15) is 11.5 Å². The van der Waals surface area contributed by atoms with Gasteiger partial charge in [-0.25, -0.2) is 0 Å². The maximum absolute atomic E-state index is 9.45. The molecule has 0 N–H and O–H groups in total. The zero-order chi connectivity index (χ0) is 15.9. The summed E-state index contributed by atoms with van der Waals surface area (Å²) in [5, 5.41) is 18.3. The lowest BCUT2D eigenvalue weighted by Crippen LogP contribution is -2.03. The summed E-state index contributed by atoms with van der Waals surface area (Å²) in [6, 6.07) is 17.1. The van der Waals surface area contributed by atoms with Crippen molar-refractivity contribution in [3.05, 3.63) is 59.2 Å². The number of hydrogen-bond acceptors (Lipinski definition) is 4. The van der Waals surface area contributed by atoms with E-state index in [1.807, 2.05) is 30.3 Å². The van der Waals surface area contributed by atoms with Crippen LogP contribution in [0, 0.1) is 22.7 Å². The number of rotatable bonds is 5. The Bertz CT molecular complexity index is 724. The molecule has 2 rings (SSSR count). The molecule has 0 radical (unpaired) electrons. The van der Waals surface area contributed by atoms with Crippen molar-refractivity contribution in [2.45, 2.75) is 12.3 Å². The van der Waals surface area contributed by atoms with Gasteiger partial charge in [0.15, 0.2) is 0 Å². The second kappa shape index (κ2) is 7.15. The highest BCUT2D eigenvalue weighted by Gasteiger charge is 2.15. The van der Waals surface area contributed by atoms with Crippen LogP contribution >= 0.6 is 0 Å². The minimum atomic E-state index is -0.296. The third kappa shape index (κ3) is 3.37. The van der Waals surface area contributed by atoms with Crippen molar-refractivity contribution in [2.24, 2.45) is 0 Å². The smallest absolute Gasteiger partial charge is 0.125 e. The van der Waals surface area contributed by atoms with Crippen LogP contribution in [0.4, 0.5) is 0 Å². The van der Waals surface area contributed by atoms with Crippen LogP contribution in [0.15, 0.2) is 42.5 Å². The molecular formula is C18H16N2O2. The summed E-state index contributed by atoms with van der Waals surface area (Å²) in [4.78, 5) is 0. The molecule has 0 aliphatic heterocycles. The van der Waals surface area contributed by atoms with Gasteiger partial charge in [0, 0.05) is 6.07 Å². The third-order valence-corrected chi connectivity index (χ3v) is 3.52. The molecule has 0 saturated carbocycles. The van der Waals surface area contributed by atoms with Crippen molar-refractivity contribution in [3.8, 4) is 23.6 Å². The minimum absolute atomic E-state index is 0.296. The molecule has 0 aromatic heterocycles. The highest BCUT2D eigenvalue weighted by Crippen LogP contribution is 2.29. The first-order valence-corrected chi connectivity index (χ1v) is 6.82. The molecule has 2 aromatic carbocycles. The van der Waals surface area contributed by atoms with Gasteiger partial charge in [-0.1, -0.05) is 18.2 Å². The van der Waals surface area contributed by atoms with Crippen LogP contribution in [0.2, 0.25) is 0 Å². The van der Waals surface area contributed by atoms with E-state index in [1.54, 1.807) is 26.4 Å². The van der Waals surface area contributed by atoms with Crippen LogP contribution in [-0.4, -0.2) is 14.2 Å². The van der Waals surface area contributed by atoms with Gasteiger partial charge >= 0.3 is 0 Å². The van der Waals surface area contributed by atoms with E-state index in [0.29, 0.717) is 23.5 Å². The number of methoxy groups -OCH3 is 2. The van der Waals surface area contributed by atoms with Gasteiger partial charge in [0.05, 0.1) is 37.8 Å². The number of hydrogen-bond donors (Lipinski definition) is 0. The molecule has 1 atom stereocenters. The molecule has 22 heavy (non-hydrogen) atoms. The van der Waals surface area contributed by atoms with Crippen molar-refractivity contribution in [3.63, 3.8) is 0 Å². The van der Waals surface area contributed by atoms with E-state index in [1.165, 1.54) is 0 Å². The normalized spacial score (nSPS) is 11.1. The zero-order valence-electron chi connectivity index (χ0n) is 12.5. The summed E-state index contributed by atoms with van der Waals surface area (Å²) in [6.07, 6.45) is 0.537. The van der Waals surface area contributed by atoms with Gasteiger partial charge in [0.2, 0.25) is 0 Å². The number of nitriles is 2. The van der Waals surface area contributed by atoms with Crippen LogP contribution in [0.1, 0.15) is 22.6 Å². The Morgan fingerprint density at radius 2 is 1.73 bits per heavy atom. The molecule has 0 heterocycles. The number of ether oxygens (including phenoxy) is 2. The molecule has 4 heteroatoms. The van der Waals surface area contributed by atoms with E-state index in [0.717, 1.165) is 11.1 Å². The van der Waals surface area contributed by atoms with Crippen molar-refractivity contribution in [1.82, 2.24) is 0 Å². The Morgan fingerprint density at radius 1 is 1.00 bits per heavy atom. The summed E-state index contributed by atoms with van der Waals surface area (Å²) in [6.45, 7) is 0.